The lowest BCUT2D eigenvalue weighted by Gasteiger charge is -2.29. The van der Waals surface area contributed by atoms with E-state index in [1.165, 1.54) is 0 Å². The molecule has 1 amide bonds. The van der Waals surface area contributed by atoms with Crippen LogP contribution in [0.2, 0.25) is 5.02 Å². The Morgan fingerprint density at radius 2 is 1.81 bits per heavy atom. The van der Waals surface area contributed by atoms with Crippen molar-refractivity contribution in [2.75, 3.05) is 34.8 Å². The highest BCUT2D eigenvalue weighted by Gasteiger charge is 2.22. The Morgan fingerprint density at radius 1 is 1.06 bits per heavy atom. The quantitative estimate of drug-likeness (QED) is 0.486. The van der Waals surface area contributed by atoms with Crippen molar-refractivity contribution in [2.45, 2.75) is 20.3 Å². The third-order valence-electron chi connectivity index (χ3n) is 6.04. The van der Waals surface area contributed by atoms with Gasteiger partial charge in [-0.2, -0.15) is 5.26 Å². The van der Waals surface area contributed by atoms with Gasteiger partial charge in [0, 0.05) is 29.5 Å². The molecule has 0 saturated carbocycles. The average molecular weight is 524 g/mol. The lowest BCUT2D eigenvalue weighted by molar-refractivity contribution is -0.115. The Hall–Kier alpha value is -3.54. The maximum absolute atomic E-state index is 12.8. The fourth-order valence-electron chi connectivity index (χ4n) is 4.01. The second-order valence-corrected chi connectivity index (χ2v) is 11.6. The van der Waals surface area contributed by atoms with Crippen LogP contribution in [0.15, 0.2) is 54.6 Å². The zero-order chi connectivity index (χ0) is 25.9. The second kappa shape index (κ2) is 10.6. The number of amides is 1. The van der Waals surface area contributed by atoms with Crippen LogP contribution in [0.4, 0.5) is 11.4 Å². The molecule has 36 heavy (non-hydrogen) atoms. The van der Waals surface area contributed by atoms with Crippen molar-refractivity contribution < 1.29 is 17.9 Å². The Balaban J connectivity index is 1.42. The number of nitriles is 1. The topological polar surface area (TPSA) is 99.5 Å². The van der Waals surface area contributed by atoms with Crippen molar-refractivity contribution in [1.29, 1.82) is 5.26 Å². The molecule has 3 aromatic carbocycles. The summed E-state index contributed by atoms with van der Waals surface area (Å²) >= 11 is 6.08. The minimum Gasteiger partial charge on any atom is -0.457 e. The molecule has 0 bridgehead atoms. The SMILES string of the molecule is Cc1cc(N2CCS(=O)(=O)CC2)ccc1NC(=O)Cc1ccc(C)c(Oc2cc(Cl)cc(C#N)c2)c1. The Bertz CT molecular complexity index is 1450. The summed E-state index contributed by atoms with van der Waals surface area (Å²) in [6.45, 7) is 4.76. The summed E-state index contributed by atoms with van der Waals surface area (Å²) < 4.78 is 29.3. The van der Waals surface area contributed by atoms with Gasteiger partial charge in [-0.05, 0) is 73.0 Å². The number of hydrogen-bond acceptors (Lipinski definition) is 6. The number of nitrogens with zero attached hydrogens (tertiary/aromatic N) is 2. The van der Waals surface area contributed by atoms with Crippen LogP contribution in [0.3, 0.4) is 0 Å². The minimum atomic E-state index is -2.94. The fourth-order valence-corrected chi connectivity index (χ4v) is 5.44. The zero-order valence-electron chi connectivity index (χ0n) is 20.0. The first-order valence-corrected chi connectivity index (χ1v) is 13.7. The van der Waals surface area contributed by atoms with E-state index in [0.717, 1.165) is 22.4 Å². The van der Waals surface area contributed by atoms with Gasteiger partial charge in [-0.1, -0.05) is 23.7 Å². The maximum atomic E-state index is 12.8. The zero-order valence-corrected chi connectivity index (χ0v) is 21.6. The van der Waals surface area contributed by atoms with Gasteiger partial charge in [0.05, 0.1) is 29.6 Å². The molecular formula is C27H26ClN3O4S. The van der Waals surface area contributed by atoms with Crippen molar-refractivity contribution >= 4 is 38.7 Å². The smallest absolute Gasteiger partial charge is 0.228 e. The molecule has 1 fully saturated rings. The second-order valence-electron chi connectivity index (χ2n) is 8.85. The van der Waals surface area contributed by atoms with Gasteiger partial charge in [0.2, 0.25) is 5.91 Å². The molecular weight excluding hydrogens is 498 g/mol. The van der Waals surface area contributed by atoms with Gasteiger partial charge in [-0.3, -0.25) is 4.79 Å². The normalized spacial score (nSPS) is 14.7. The summed E-state index contributed by atoms with van der Waals surface area (Å²) in [6.07, 6.45) is 0.154. The van der Waals surface area contributed by atoms with Gasteiger partial charge < -0.3 is 15.0 Å². The van der Waals surface area contributed by atoms with Crippen molar-refractivity contribution in [2.24, 2.45) is 0 Å². The Kier molecular flexibility index (Phi) is 7.53. The van der Waals surface area contributed by atoms with Gasteiger partial charge >= 0.3 is 0 Å². The van der Waals surface area contributed by atoms with Crippen LogP contribution >= 0.6 is 11.6 Å². The molecule has 0 unspecified atom stereocenters. The molecule has 186 valence electrons. The highest BCUT2D eigenvalue weighted by Crippen LogP contribution is 2.30. The molecule has 1 saturated heterocycles. The number of nitrogens with one attached hydrogen (secondary N) is 1. The standard InChI is InChI=1S/C27H26ClN3O4S/c1-18-3-4-20(14-26(18)35-24-13-21(17-29)12-22(28)16-24)15-27(32)30-25-6-5-23(11-19(25)2)31-7-9-36(33,34)10-8-31/h3-6,11-14,16H,7-10,15H2,1-2H3,(H,30,32). The fraction of sp³-hybridized carbons (Fsp3) is 0.259. The first kappa shape index (κ1) is 25.5. The number of halogens is 1. The maximum Gasteiger partial charge on any atom is 0.228 e. The van der Waals surface area contributed by atoms with Crippen molar-refractivity contribution in [3.63, 3.8) is 0 Å². The van der Waals surface area contributed by atoms with Crippen molar-refractivity contribution in [1.82, 2.24) is 0 Å². The highest BCUT2D eigenvalue weighted by atomic mass is 35.5. The molecule has 9 heteroatoms. The first-order valence-electron chi connectivity index (χ1n) is 11.5. The molecule has 3 aromatic rings. The number of sulfone groups is 1. The van der Waals surface area contributed by atoms with Gasteiger partial charge in [0.15, 0.2) is 9.84 Å². The minimum absolute atomic E-state index is 0.154. The molecule has 0 radical (unpaired) electrons. The Labute approximate surface area is 216 Å². The van der Waals surface area contributed by atoms with Crippen LogP contribution in [0, 0.1) is 25.2 Å². The van der Waals surface area contributed by atoms with Crippen LogP contribution < -0.4 is 15.0 Å². The summed E-state index contributed by atoms with van der Waals surface area (Å²) in [6, 6.07) is 18.1. The largest absolute Gasteiger partial charge is 0.457 e. The lowest BCUT2D eigenvalue weighted by atomic mass is 10.1. The lowest BCUT2D eigenvalue weighted by Crippen LogP contribution is -2.40. The average Bonchev–Trinajstić information content (AvgIpc) is 2.82. The van der Waals surface area contributed by atoms with E-state index in [4.69, 9.17) is 21.6 Å². The van der Waals surface area contributed by atoms with E-state index in [-0.39, 0.29) is 23.8 Å². The first-order chi connectivity index (χ1) is 17.1. The predicted molar refractivity (Wildman–Crippen MR) is 142 cm³/mol. The molecule has 1 heterocycles. The monoisotopic (exact) mass is 523 g/mol. The Morgan fingerprint density at radius 3 is 2.50 bits per heavy atom. The van der Waals surface area contributed by atoms with E-state index in [2.05, 4.69) is 11.4 Å². The van der Waals surface area contributed by atoms with Gasteiger partial charge in [0.25, 0.3) is 0 Å². The molecule has 4 rings (SSSR count). The van der Waals surface area contributed by atoms with Crippen LogP contribution in [-0.2, 0) is 21.1 Å². The molecule has 1 aliphatic rings. The predicted octanol–water partition coefficient (Wildman–Crippen LogP) is 5.04. The van der Waals surface area contributed by atoms with Crippen LogP contribution in [0.25, 0.3) is 0 Å². The summed E-state index contributed by atoms with van der Waals surface area (Å²) in [5, 5.41) is 12.5. The van der Waals surface area contributed by atoms with E-state index in [1.807, 2.05) is 55.1 Å². The van der Waals surface area contributed by atoms with Gasteiger partial charge in [-0.15, -0.1) is 0 Å². The van der Waals surface area contributed by atoms with Gasteiger partial charge in [-0.25, -0.2) is 8.42 Å². The summed E-state index contributed by atoms with van der Waals surface area (Å²) in [5.74, 6) is 1.17. The summed E-state index contributed by atoms with van der Waals surface area (Å²) in [4.78, 5) is 14.8. The van der Waals surface area contributed by atoms with E-state index < -0.39 is 9.84 Å². The molecule has 0 aliphatic carbocycles. The van der Waals surface area contributed by atoms with Crippen LogP contribution in [0.5, 0.6) is 11.5 Å². The number of carbonyl (C=O) groups excluding carboxylic acids is 1. The summed E-state index contributed by atoms with van der Waals surface area (Å²) in [7, 11) is -2.94. The van der Waals surface area contributed by atoms with E-state index >= 15 is 0 Å². The molecule has 0 atom stereocenters. The number of aryl methyl sites for hydroxylation is 2. The van der Waals surface area contributed by atoms with Gasteiger partial charge in [0.1, 0.15) is 11.5 Å². The molecule has 7 nitrogen and oxygen atoms in total. The number of carbonyl (C=O) groups is 1. The highest BCUT2D eigenvalue weighted by molar-refractivity contribution is 7.91. The summed E-state index contributed by atoms with van der Waals surface area (Å²) in [5.41, 5.74) is 4.61. The molecule has 1 N–H and O–H groups in total. The number of benzene rings is 3. The van der Waals surface area contributed by atoms with Crippen LogP contribution in [0.1, 0.15) is 22.3 Å². The third-order valence-corrected chi connectivity index (χ3v) is 7.87. The van der Waals surface area contributed by atoms with E-state index in [9.17, 15) is 13.2 Å². The number of ether oxygens (including phenoxy) is 1. The molecule has 0 aromatic heterocycles. The molecule has 0 spiro atoms. The number of anilines is 2. The van der Waals surface area contributed by atoms with Crippen molar-refractivity contribution in [3.8, 4) is 17.6 Å². The third kappa shape index (κ3) is 6.36. The molecule has 1 aliphatic heterocycles. The van der Waals surface area contributed by atoms with Crippen LogP contribution in [-0.4, -0.2) is 38.9 Å². The van der Waals surface area contributed by atoms with E-state index in [1.54, 1.807) is 18.2 Å². The van der Waals surface area contributed by atoms with E-state index in [0.29, 0.717) is 40.9 Å². The number of hydrogen-bond donors (Lipinski definition) is 1. The van der Waals surface area contributed by atoms with Crippen molar-refractivity contribution in [3.05, 3.63) is 81.9 Å². The number of rotatable bonds is 6.